The number of carboxylic acid groups (broad SMARTS) is 1. The number of hydrogen-bond acceptors (Lipinski definition) is 4. The summed E-state index contributed by atoms with van der Waals surface area (Å²) in [7, 11) is 1.72. The van der Waals surface area contributed by atoms with Crippen LogP contribution in [0.1, 0.15) is 24.2 Å². The highest BCUT2D eigenvalue weighted by atomic mass is 16.4. The lowest BCUT2D eigenvalue weighted by molar-refractivity contribution is -0.120. The van der Waals surface area contributed by atoms with E-state index in [-0.39, 0.29) is 29.7 Å². The smallest absolute Gasteiger partial charge is 0.337 e. The van der Waals surface area contributed by atoms with E-state index in [9.17, 15) is 9.59 Å². The fourth-order valence-corrected chi connectivity index (χ4v) is 1.64. The van der Waals surface area contributed by atoms with Crippen molar-refractivity contribution in [3.8, 4) is 0 Å². The fourth-order valence-electron chi connectivity index (χ4n) is 1.64. The third kappa shape index (κ3) is 4.17. The molecule has 0 saturated heterocycles. The number of hydrogen-bond donors (Lipinski definition) is 3. The predicted octanol–water partition coefficient (Wildman–Crippen LogP) is 0.928. The summed E-state index contributed by atoms with van der Waals surface area (Å²) < 4.78 is 0. The van der Waals surface area contributed by atoms with Crippen molar-refractivity contribution in [2.45, 2.75) is 19.9 Å². The number of nitrogen functional groups attached to an aromatic ring is 1. The number of nitrogens with one attached hydrogen (secondary N) is 1. The highest BCUT2D eigenvalue weighted by Gasteiger charge is 2.13. The zero-order chi connectivity index (χ0) is 14.6. The first-order valence-electron chi connectivity index (χ1n) is 5.94. The van der Waals surface area contributed by atoms with E-state index in [0.717, 1.165) is 0 Å². The molecule has 104 valence electrons. The van der Waals surface area contributed by atoms with E-state index in [4.69, 9.17) is 10.8 Å². The largest absolute Gasteiger partial charge is 0.478 e. The number of carbonyl (C=O) groups is 2. The summed E-state index contributed by atoms with van der Waals surface area (Å²) in [5, 5.41) is 11.8. The zero-order valence-electron chi connectivity index (χ0n) is 11.3. The molecule has 0 saturated carbocycles. The first-order chi connectivity index (χ1) is 8.81. The Morgan fingerprint density at radius 3 is 2.58 bits per heavy atom. The lowest BCUT2D eigenvalue weighted by Crippen LogP contribution is -2.38. The van der Waals surface area contributed by atoms with Gasteiger partial charge in [-0.15, -0.1) is 0 Å². The minimum atomic E-state index is -1.08. The van der Waals surface area contributed by atoms with Crippen molar-refractivity contribution in [2.75, 3.05) is 24.2 Å². The second-order valence-electron chi connectivity index (χ2n) is 4.65. The van der Waals surface area contributed by atoms with E-state index in [1.807, 2.05) is 13.8 Å². The van der Waals surface area contributed by atoms with Crippen LogP contribution in [0.5, 0.6) is 0 Å². The van der Waals surface area contributed by atoms with E-state index >= 15 is 0 Å². The van der Waals surface area contributed by atoms with Gasteiger partial charge in [-0.3, -0.25) is 4.79 Å². The molecule has 0 aliphatic carbocycles. The minimum Gasteiger partial charge on any atom is -0.478 e. The molecular formula is C13H19N3O3. The van der Waals surface area contributed by atoms with Gasteiger partial charge in [0.2, 0.25) is 5.91 Å². The van der Waals surface area contributed by atoms with Gasteiger partial charge in [0.05, 0.1) is 12.1 Å². The van der Waals surface area contributed by atoms with Crippen LogP contribution in [0.3, 0.4) is 0 Å². The molecule has 6 heteroatoms. The Kier molecular flexibility index (Phi) is 4.74. The standard InChI is InChI=1S/C13H19N3O3/c1-8(2)15-12(17)7-16(3)9-4-5-11(14)10(6-9)13(18)19/h4-6,8H,7,14H2,1-3H3,(H,15,17)(H,18,19). The number of aromatic carboxylic acids is 1. The van der Waals surface area contributed by atoms with E-state index in [0.29, 0.717) is 5.69 Å². The molecule has 1 amide bonds. The van der Waals surface area contributed by atoms with E-state index in [1.54, 1.807) is 18.0 Å². The van der Waals surface area contributed by atoms with E-state index < -0.39 is 5.97 Å². The average molecular weight is 265 g/mol. The Bertz CT molecular complexity index is 486. The van der Waals surface area contributed by atoms with Crippen molar-refractivity contribution < 1.29 is 14.7 Å². The molecule has 0 aromatic heterocycles. The molecule has 0 fully saturated rings. The quantitative estimate of drug-likeness (QED) is 0.688. The van der Waals surface area contributed by atoms with Crippen LogP contribution in [0.4, 0.5) is 11.4 Å². The Hall–Kier alpha value is -2.24. The monoisotopic (exact) mass is 265 g/mol. The molecule has 1 aromatic rings. The van der Waals surface area contributed by atoms with E-state index in [1.165, 1.54) is 12.1 Å². The molecule has 0 radical (unpaired) electrons. The SMILES string of the molecule is CC(C)NC(=O)CN(C)c1ccc(N)c(C(=O)O)c1. The van der Waals surface area contributed by atoms with Crippen molar-refractivity contribution in [3.63, 3.8) is 0 Å². The van der Waals surface area contributed by atoms with Gasteiger partial charge in [-0.25, -0.2) is 4.79 Å². The lowest BCUT2D eigenvalue weighted by atomic mass is 10.1. The van der Waals surface area contributed by atoms with Gasteiger partial charge in [0.1, 0.15) is 0 Å². The number of nitrogens with zero attached hydrogens (tertiary/aromatic N) is 1. The maximum absolute atomic E-state index is 11.6. The summed E-state index contributed by atoms with van der Waals surface area (Å²) in [6, 6.07) is 4.74. The molecular weight excluding hydrogens is 246 g/mol. The Balaban J connectivity index is 2.83. The number of nitrogens with two attached hydrogens (primary N) is 1. The minimum absolute atomic E-state index is 0.0358. The molecule has 1 rings (SSSR count). The van der Waals surface area contributed by atoms with Crippen LogP contribution >= 0.6 is 0 Å². The number of benzene rings is 1. The number of carboxylic acids is 1. The summed E-state index contributed by atoms with van der Waals surface area (Å²) in [4.78, 5) is 24.3. The number of anilines is 2. The molecule has 19 heavy (non-hydrogen) atoms. The predicted molar refractivity (Wildman–Crippen MR) is 74.4 cm³/mol. The number of carbonyl (C=O) groups excluding carboxylic acids is 1. The molecule has 0 spiro atoms. The van der Waals surface area contributed by atoms with Gasteiger partial charge in [-0.1, -0.05) is 0 Å². The van der Waals surface area contributed by atoms with Crippen LogP contribution in [-0.2, 0) is 4.79 Å². The maximum atomic E-state index is 11.6. The van der Waals surface area contributed by atoms with Gasteiger partial charge < -0.3 is 21.1 Å². The van der Waals surface area contributed by atoms with Crippen LogP contribution in [0.15, 0.2) is 18.2 Å². The third-order valence-electron chi connectivity index (χ3n) is 2.54. The normalized spacial score (nSPS) is 10.3. The van der Waals surface area contributed by atoms with Crippen molar-refractivity contribution in [3.05, 3.63) is 23.8 Å². The molecule has 6 nitrogen and oxygen atoms in total. The highest BCUT2D eigenvalue weighted by Crippen LogP contribution is 2.20. The zero-order valence-corrected chi connectivity index (χ0v) is 11.3. The topological polar surface area (TPSA) is 95.7 Å². The molecule has 0 aliphatic rings. The number of likely N-dealkylation sites (N-methyl/N-ethyl adjacent to an activating group) is 1. The van der Waals surface area contributed by atoms with Crippen molar-refractivity contribution in [2.24, 2.45) is 0 Å². The van der Waals surface area contributed by atoms with Gasteiger partial charge in [-0.05, 0) is 32.0 Å². The van der Waals surface area contributed by atoms with Crippen LogP contribution < -0.4 is 16.0 Å². The second-order valence-corrected chi connectivity index (χ2v) is 4.65. The summed E-state index contributed by atoms with van der Waals surface area (Å²) >= 11 is 0. The summed E-state index contributed by atoms with van der Waals surface area (Å²) in [6.45, 7) is 3.91. The molecule has 1 aromatic carbocycles. The summed E-state index contributed by atoms with van der Waals surface area (Å²) in [6.07, 6.45) is 0. The maximum Gasteiger partial charge on any atom is 0.337 e. The van der Waals surface area contributed by atoms with Gasteiger partial charge in [0.25, 0.3) is 0 Å². The van der Waals surface area contributed by atoms with Gasteiger partial charge >= 0.3 is 5.97 Å². The van der Waals surface area contributed by atoms with Crippen LogP contribution in [0, 0.1) is 0 Å². The third-order valence-corrected chi connectivity index (χ3v) is 2.54. The van der Waals surface area contributed by atoms with Crippen molar-refractivity contribution in [1.82, 2.24) is 5.32 Å². The van der Waals surface area contributed by atoms with Gasteiger partial charge in [0.15, 0.2) is 0 Å². The fraction of sp³-hybridized carbons (Fsp3) is 0.385. The van der Waals surface area contributed by atoms with Crippen LogP contribution in [0.2, 0.25) is 0 Å². The first-order valence-corrected chi connectivity index (χ1v) is 5.94. The average Bonchev–Trinajstić information content (AvgIpc) is 2.27. The van der Waals surface area contributed by atoms with Crippen LogP contribution in [-0.4, -0.2) is 36.6 Å². The summed E-state index contributed by atoms with van der Waals surface area (Å²) in [5.74, 6) is -1.20. The van der Waals surface area contributed by atoms with Crippen molar-refractivity contribution >= 4 is 23.3 Å². The Labute approximate surface area is 112 Å². The molecule has 0 bridgehead atoms. The van der Waals surface area contributed by atoms with Gasteiger partial charge in [0, 0.05) is 24.5 Å². The lowest BCUT2D eigenvalue weighted by Gasteiger charge is -2.20. The highest BCUT2D eigenvalue weighted by molar-refractivity contribution is 5.95. The second kappa shape index (κ2) is 6.08. The molecule has 4 N–H and O–H groups in total. The number of rotatable bonds is 5. The van der Waals surface area contributed by atoms with Crippen molar-refractivity contribution in [1.29, 1.82) is 0 Å². The molecule has 0 unspecified atom stereocenters. The first kappa shape index (κ1) is 14.8. The Morgan fingerprint density at radius 1 is 1.42 bits per heavy atom. The van der Waals surface area contributed by atoms with Gasteiger partial charge in [-0.2, -0.15) is 0 Å². The van der Waals surface area contributed by atoms with Crippen LogP contribution in [0.25, 0.3) is 0 Å². The molecule has 0 atom stereocenters. The van der Waals surface area contributed by atoms with E-state index in [2.05, 4.69) is 5.32 Å². The number of amides is 1. The molecule has 0 aliphatic heterocycles. The molecule has 0 heterocycles. The summed E-state index contributed by atoms with van der Waals surface area (Å²) in [5.41, 5.74) is 6.45. The Morgan fingerprint density at radius 2 is 2.05 bits per heavy atom.